The molecular weight excluding hydrogens is 534 g/mol. The first-order valence-electron chi connectivity index (χ1n) is 10.4. The smallest absolute Gasteiger partial charge is 0.319 e. The lowest BCUT2D eigenvalue weighted by atomic mass is 10.1. The normalized spacial score (nSPS) is 12.6. The fourth-order valence-corrected chi connectivity index (χ4v) is 5.25. The predicted molar refractivity (Wildman–Crippen MR) is 137 cm³/mol. The Bertz CT molecular complexity index is 1500. The van der Waals surface area contributed by atoms with Crippen LogP contribution in [0.3, 0.4) is 0 Å². The van der Waals surface area contributed by atoms with Crippen LogP contribution in [0.5, 0.6) is 0 Å². The van der Waals surface area contributed by atoms with Gasteiger partial charge < -0.3 is 10.6 Å². The monoisotopic (exact) mass is 561 g/mol. The number of nitrogens with one attached hydrogen (secondary N) is 2. The summed E-state index contributed by atoms with van der Waals surface area (Å²) in [4.78, 5) is 10.7. The Balaban J connectivity index is 2.54. The third-order valence-electron chi connectivity index (χ3n) is 4.83. The number of benzene rings is 2. The molecule has 15 heteroatoms. The highest BCUT2D eigenvalue weighted by atomic mass is 32.2. The molecule has 2 aromatic rings. The van der Waals surface area contributed by atoms with Crippen molar-refractivity contribution in [3.05, 3.63) is 47.5 Å². The molecule has 0 saturated heterocycles. The molecule has 0 aromatic heterocycles. The van der Waals surface area contributed by atoms with E-state index in [0.717, 1.165) is 16.4 Å². The van der Waals surface area contributed by atoms with E-state index in [-0.39, 0.29) is 34.3 Å². The summed E-state index contributed by atoms with van der Waals surface area (Å²) in [7, 11) is -12.1. The molecule has 2 rings (SSSR count). The minimum Gasteiger partial charge on any atom is -0.336 e. The molecule has 36 heavy (non-hydrogen) atoms. The molecule has 198 valence electrons. The molecule has 2 amide bonds. The number of rotatable bonds is 9. The van der Waals surface area contributed by atoms with E-state index in [1.54, 1.807) is 13.8 Å². The van der Waals surface area contributed by atoms with Crippen molar-refractivity contribution >= 4 is 59.8 Å². The van der Waals surface area contributed by atoms with Crippen LogP contribution in [-0.4, -0.2) is 59.2 Å². The maximum absolute atomic E-state index is 12.1. The summed E-state index contributed by atoms with van der Waals surface area (Å²) < 4.78 is 92.3. The zero-order valence-corrected chi connectivity index (χ0v) is 22.3. The summed E-state index contributed by atoms with van der Waals surface area (Å²) in [6, 6.07) is 6.39. The van der Waals surface area contributed by atoms with Crippen LogP contribution in [0.4, 0.5) is 16.2 Å². The van der Waals surface area contributed by atoms with Crippen molar-refractivity contribution in [3.8, 4) is 0 Å². The molecule has 0 bridgehead atoms. The molecule has 0 unspecified atom stereocenters. The van der Waals surface area contributed by atoms with Crippen LogP contribution in [-0.2, 0) is 30.3 Å². The number of hydrogen-bond acceptors (Lipinski definition) is 7. The third-order valence-corrected chi connectivity index (χ3v) is 8.43. The van der Waals surface area contributed by atoms with Gasteiger partial charge in [-0.25, -0.2) is 13.2 Å². The molecule has 0 atom stereocenters. The van der Waals surface area contributed by atoms with E-state index in [1.165, 1.54) is 50.4 Å². The van der Waals surface area contributed by atoms with Crippen LogP contribution < -0.4 is 14.9 Å². The highest BCUT2D eigenvalue weighted by Crippen LogP contribution is 2.28. The number of nitrogens with zero attached hydrogens (tertiary/aromatic N) is 1. The number of hydrogen-bond donors (Lipinski definition) is 4. The zero-order valence-electron chi connectivity index (χ0n) is 19.8. The molecule has 0 saturated carbocycles. The zero-order chi connectivity index (χ0) is 27.5. The molecule has 0 fully saturated rings. The molecule has 4 N–H and O–H groups in total. The Morgan fingerprint density at radius 1 is 0.917 bits per heavy atom. The van der Waals surface area contributed by atoms with E-state index >= 15 is 0 Å². The lowest BCUT2D eigenvalue weighted by Crippen LogP contribution is -2.34. The van der Waals surface area contributed by atoms with E-state index < -0.39 is 46.1 Å². The van der Waals surface area contributed by atoms with Gasteiger partial charge in [-0.15, -0.1) is 0 Å². The van der Waals surface area contributed by atoms with Gasteiger partial charge in [0.05, 0.1) is 11.4 Å². The maximum atomic E-state index is 12.1. The molecule has 0 spiro atoms. The van der Waals surface area contributed by atoms with Crippen molar-refractivity contribution in [1.29, 1.82) is 0 Å². The van der Waals surface area contributed by atoms with Crippen LogP contribution in [0.1, 0.15) is 31.9 Å². The van der Waals surface area contributed by atoms with Gasteiger partial charge >= 0.3 is 6.03 Å². The molecule has 0 heterocycles. The van der Waals surface area contributed by atoms with Gasteiger partial charge in [0.15, 0.2) is 0 Å². The standard InChI is InChI=1S/C21H27N3O9S3/c1-5-34(26,27)24(4)18-11-9-16(20(13-18)36(31,32)33)7-6-15-8-10-17(12-19(15)35(28,29)30)23-21(25)22-14(2)3/h6-14H,5H2,1-4H3,(H2,22,23,25)(H,28,29,30)(H,31,32,33)/b7-6+. The van der Waals surface area contributed by atoms with Crippen LogP contribution in [0.15, 0.2) is 46.2 Å². The van der Waals surface area contributed by atoms with Gasteiger partial charge in [0.2, 0.25) is 10.0 Å². The molecule has 0 aliphatic carbocycles. The molecule has 0 aliphatic heterocycles. The van der Waals surface area contributed by atoms with Crippen LogP contribution >= 0.6 is 0 Å². The fourth-order valence-electron chi connectivity index (χ4n) is 3.02. The van der Waals surface area contributed by atoms with Crippen molar-refractivity contribution in [2.75, 3.05) is 22.4 Å². The molecule has 0 radical (unpaired) electrons. The SMILES string of the molecule is CCS(=O)(=O)N(C)c1ccc(/C=C/c2ccc(NC(=O)NC(C)C)cc2S(=O)(=O)O)c(S(=O)(=O)O)c1. The second kappa shape index (κ2) is 11.0. The Kier molecular flexibility index (Phi) is 8.91. The average molecular weight is 562 g/mol. The number of carbonyl (C=O) groups excluding carboxylic acids is 1. The molecular formula is C21H27N3O9S3. The fraction of sp³-hybridized carbons (Fsp3) is 0.286. The van der Waals surface area contributed by atoms with Crippen molar-refractivity contribution < 1.29 is 39.2 Å². The van der Waals surface area contributed by atoms with Gasteiger partial charge in [-0.05, 0) is 56.2 Å². The van der Waals surface area contributed by atoms with Gasteiger partial charge in [0, 0.05) is 18.8 Å². The lowest BCUT2D eigenvalue weighted by Gasteiger charge is -2.19. The summed E-state index contributed by atoms with van der Waals surface area (Å²) in [6.45, 7) is 4.87. The van der Waals surface area contributed by atoms with Crippen LogP contribution in [0.25, 0.3) is 12.2 Å². The Morgan fingerprint density at radius 3 is 1.89 bits per heavy atom. The van der Waals surface area contributed by atoms with E-state index in [1.807, 2.05) is 0 Å². The quantitative estimate of drug-likeness (QED) is 0.264. The van der Waals surface area contributed by atoms with Crippen molar-refractivity contribution in [2.24, 2.45) is 0 Å². The summed E-state index contributed by atoms with van der Waals surface area (Å²) >= 11 is 0. The van der Waals surface area contributed by atoms with Gasteiger partial charge in [0.25, 0.3) is 20.2 Å². The first-order chi connectivity index (χ1) is 16.5. The number of urea groups is 1. The minimum atomic E-state index is -4.81. The topological polar surface area (TPSA) is 187 Å². The number of sulfonamides is 1. The van der Waals surface area contributed by atoms with E-state index in [4.69, 9.17) is 0 Å². The maximum Gasteiger partial charge on any atom is 0.319 e. The number of carbonyl (C=O) groups is 1. The Hall–Kier alpha value is -2.98. The predicted octanol–water partition coefficient (Wildman–Crippen LogP) is 2.67. The second-order valence-electron chi connectivity index (χ2n) is 7.88. The van der Waals surface area contributed by atoms with Crippen LogP contribution in [0.2, 0.25) is 0 Å². The second-order valence-corrected chi connectivity index (χ2v) is 12.9. The number of amides is 2. The summed E-state index contributed by atoms with van der Waals surface area (Å²) in [5.74, 6) is -0.241. The Morgan fingerprint density at radius 2 is 1.42 bits per heavy atom. The highest BCUT2D eigenvalue weighted by Gasteiger charge is 2.21. The van der Waals surface area contributed by atoms with Gasteiger partial charge in [-0.2, -0.15) is 16.8 Å². The largest absolute Gasteiger partial charge is 0.336 e. The van der Waals surface area contributed by atoms with E-state index in [2.05, 4.69) is 10.6 Å². The van der Waals surface area contributed by atoms with E-state index in [0.29, 0.717) is 0 Å². The molecule has 2 aromatic carbocycles. The van der Waals surface area contributed by atoms with Crippen molar-refractivity contribution in [2.45, 2.75) is 36.6 Å². The first kappa shape index (κ1) is 29.3. The summed E-state index contributed by atoms with van der Waals surface area (Å²) in [6.07, 6.45) is 2.35. The van der Waals surface area contributed by atoms with E-state index in [9.17, 15) is 39.2 Å². The lowest BCUT2D eigenvalue weighted by molar-refractivity contribution is 0.250. The number of anilines is 2. The highest BCUT2D eigenvalue weighted by molar-refractivity contribution is 7.92. The van der Waals surface area contributed by atoms with Crippen molar-refractivity contribution in [1.82, 2.24) is 5.32 Å². The van der Waals surface area contributed by atoms with Crippen LogP contribution in [0, 0.1) is 0 Å². The first-order valence-corrected chi connectivity index (χ1v) is 14.9. The van der Waals surface area contributed by atoms with Crippen molar-refractivity contribution in [3.63, 3.8) is 0 Å². The van der Waals surface area contributed by atoms with Gasteiger partial charge in [-0.3, -0.25) is 13.4 Å². The summed E-state index contributed by atoms with van der Waals surface area (Å²) in [5.41, 5.74) is -0.0804. The molecule has 0 aliphatic rings. The third kappa shape index (κ3) is 7.51. The Labute approximate surface area is 210 Å². The average Bonchev–Trinajstić information content (AvgIpc) is 2.75. The van der Waals surface area contributed by atoms with Gasteiger partial charge in [-0.1, -0.05) is 24.3 Å². The summed E-state index contributed by atoms with van der Waals surface area (Å²) in [5, 5.41) is 4.99. The minimum absolute atomic E-state index is 0.0182. The molecule has 12 nitrogen and oxygen atoms in total. The van der Waals surface area contributed by atoms with Gasteiger partial charge in [0.1, 0.15) is 9.79 Å².